The number of carbonyl (C=O) groups excluding carboxylic acids is 3. The molecule has 1 atom stereocenters. The molecule has 0 amide bonds. The fraction of sp³-hybridized carbons (Fsp3) is 0.125. The Morgan fingerprint density at radius 1 is 1.39 bits per heavy atom. The first-order valence-corrected chi connectivity index (χ1v) is 7.58. The summed E-state index contributed by atoms with van der Waals surface area (Å²) in [5.74, 6) is -2.65. The van der Waals surface area contributed by atoms with Gasteiger partial charge < -0.3 is 9.15 Å². The summed E-state index contributed by atoms with van der Waals surface area (Å²) in [6.07, 6.45) is 5.32. The highest BCUT2D eigenvalue weighted by Gasteiger charge is 2.36. The summed E-state index contributed by atoms with van der Waals surface area (Å²) >= 11 is 1.36. The van der Waals surface area contributed by atoms with Crippen LogP contribution in [-0.2, 0) is 19.1 Å². The quantitative estimate of drug-likeness (QED) is 0.487. The van der Waals surface area contributed by atoms with Crippen LogP contribution >= 0.6 is 11.3 Å². The summed E-state index contributed by atoms with van der Waals surface area (Å²) < 4.78 is 10.1. The molecular formula is C16H11NO5S. The van der Waals surface area contributed by atoms with Gasteiger partial charge in [0.05, 0.1) is 12.0 Å². The highest BCUT2D eigenvalue weighted by atomic mass is 32.1. The first-order valence-electron chi connectivity index (χ1n) is 6.70. The summed E-state index contributed by atoms with van der Waals surface area (Å²) in [7, 11) is 0. The second-order valence-electron chi connectivity index (χ2n) is 4.80. The summed E-state index contributed by atoms with van der Waals surface area (Å²) in [6, 6.07) is 3.54. The Hall–Kier alpha value is -2.80. The normalized spacial score (nSPS) is 18.1. The molecule has 2 aromatic rings. The van der Waals surface area contributed by atoms with Crippen molar-refractivity contribution in [2.75, 3.05) is 0 Å². The van der Waals surface area contributed by atoms with Gasteiger partial charge in [0, 0.05) is 11.5 Å². The van der Waals surface area contributed by atoms with Gasteiger partial charge in [-0.1, -0.05) is 0 Å². The number of esters is 1. The third-order valence-corrected chi connectivity index (χ3v) is 3.96. The Morgan fingerprint density at radius 2 is 2.22 bits per heavy atom. The van der Waals surface area contributed by atoms with Crippen LogP contribution in [0.3, 0.4) is 0 Å². The van der Waals surface area contributed by atoms with Gasteiger partial charge >= 0.3 is 5.97 Å². The minimum atomic E-state index is -1.43. The third kappa shape index (κ3) is 3.19. The van der Waals surface area contributed by atoms with Gasteiger partial charge in [0.15, 0.2) is 28.3 Å². The molecule has 116 valence electrons. The molecule has 1 unspecified atom stereocenters. The number of ketones is 2. The molecule has 0 aliphatic carbocycles. The van der Waals surface area contributed by atoms with Gasteiger partial charge in [-0.05, 0) is 31.2 Å². The van der Waals surface area contributed by atoms with E-state index >= 15 is 0 Å². The maximum Gasteiger partial charge on any atom is 0.329 e. The largest absolute Gasteiger partial charge is 0.462 e. The van der Waals surface area contributed by atoms with Gasteiger partial charge in [0.1, 0.15) is 5.76 Å². The van der Waals surface area contributed by atoms with E-state index in [4.69, 9.17) is 9.15 Å². The van der Waals surface area contributed by atoms with E-state index < -0.39 is 23.5 Å². The summed E-state index contributed by atoms with van der Waals surface area (Å²) in [5, 5.41) is 2.42. The van der Waals surface area contributed by atoms with Gasteiger partial charge in [-0.25, -0.2) is 4.98 Å². The predicted molar refractivity (Wildman–Crippen MR) is 82.2 cm³/mol. The summed E-state index contributed by atoms with van der Waals surface area (Å²) in [4.78, 5) is 39.8. The van der Waals surface area contributed by atoms with Crippen molar-refractivity contribution >= 4 is 34.9 Å². The van der Waals surface area contributed by atoms with E-state index in [-0.39, 0.29) is 5.76 Å². The number of hydrogen-bond acceptors (Lipinski definition) is 7. The van der Waals surface area contributed by atoms with E-state index in [2.05, 4.69) is 4.98 Å². The van der Waals surface area contributed by atoms with E-state index in [9.17, 15) is 14.4 Å². The average Bonchev–Trinajstić information content (AvgIpc) is 3.15. The lowest BCUT2D eigenvalue weighted by atomic mass is 9.96. The Bertz CT molecular complexity index is 829. The van der Waals surface area contributed by atoms with E-state index in [0.717, 1.165) is 6.08 Å². The van der Waals surface area contributed by atoms with Crippen molar-refractivity contribution in [1.29, 1.82) is 0 Å². The van der Waals surface area contributed by atoms with Crippen LogP contribution in [0.15, 0.2) is 46.1 Å². The Labute approximate surface area is 135 Å². The van der Waals surface area contributed by atoms with Crippen LogP contribution in [0.4, 0.5) is 0 Å². The van der Waals surface area contributed by atoms with Crippen molar-refractivity contribution in [2.45, 2.75) is 6.92 Å². The molecule has 1 aliphatic heterocycles. The van der Waals surface area contributed by atoms with Crippen LogP contribution in [-0.4, -0.2) is 22.5 Å². The SMILES string of the molecule is CC1=CC(=O)C(C(=O)C=Cc2csc(-c3ccco3)n2)C(=O)O1. The van der Waals surface area contributed by atoms with E-state index in [1.807, 2.05) is 0 Å². The second-order valence-corrected chi connectivity index (χ2v) is 5.66. The number of aromatic nitrogens is 1. The van der Waals surface area contributed by atoms with Gasteiger partial charge in [-0.15, -0.1) is 11.3 Å². The fourth-order valence-electron chi connectivity index (χ4n) is 2.04. The monoisotopic (exact) mass is 329 g/mol. The Kier molecular flexibility index (Phi) is 4.03. The fourth-order valence-corrected chi connectivity index (χ4v) is 2.80. The van der Waals surface area contributed by atoms with Crippen LogP contribution < -0.4 is 0 Å². The van der Waals surface area contributed by atoms with Crippen molar-refractivity contribution in [3.05, 3.63) is 47.4 Å². The molecule has 0 spiro atoms. The lowest BCUT2D eigenvalue weighted by Gasteiger charge is -2.15. The van der Waals surface area contributed by atoms with Gasteiger partial charge in [-0.3, -0.25) is 14.4 Å². The van der Waals surface area contributed by atoms with Crippen molar-refractivity contribution in [1.82, 2.24) is 4.98 Å². The molecule has 7 heteroatoms. The van der Waals surface area contributed by atoms with Gasteiger partial charge in [0.2, 0.25) is 0 Å². The highest BCUT2D eigenvalue weighted by Crippen LogP contribution is 2.24. The molecular weight excluding hydrogens is 318 g/mol. The number of hydrogen-bond donors (Lipinski definition) is 0. The number of allylic oxidation sites excluding steroid dienone is 3. The molecule has 2 aromatic heterocycles. The minimum absolute atomic E-state index is 0.190. The molecule has 0 fully saturated rings. The standard InChI is InChI=1S/C16H11NO5S/c1-9-7-12(19)14(16(20)22-9)11(18)5-4-10-8-23-15(17-10)13-3-2-6-21-13/h2-8,14H,1H3. The average molecular weight is 329 g/mol. The zero-order valence-electron chi connectivity index (χ0n) is 12.0. The predicted octanol–water partition coefficient (Wildman–Crippen LogP) is 2.63. The third-order valence-electron chi connectivity index (χ3n) is 3.08. The maximum atomic E-state index is 12.1. The second kappa shape index (κ2) is 6.13. The molecule has 0 aromatic carbocycles. The van der Waals surface area contributed by atoms with Crippen LogP contribution in [0.5, 0.6) is 0 Å². The molecule has 3 heterocycles. The zero-order valence-corrected chi connectivity index (χ0v) is 12.8. The number of rotatable bonds is 4. The zero-order chi connectivity index (χ0) is 16.4. The van der Waals surface area contributed by atoms with Crippen LogP contribution in [0, 0.1) is 5.92 Å². The molecule has 6 nitrogen and oxygen atoms in total. The van der Waals surface area contributed by atoms with E-state index in [1.165, 1.54) is 30.4 Å². The van der Waals surface area contributed by atoms with Crippen molar-refractivity contribution in [3.8, 4) is 10.8 Å². The van der Waals surface area contributed by atoms with Crippen LogP contribution in [0.25, 0.3) is 16.8 Å². The number of furan rings is 1. The Balaban J connectivity index is 1.74. The lowest BCUT2D eigenvalue weighted by molar-refractivity contribution is -0.151. The van der Waals surface area contributed by atoms with E-state index in [0.29, 0.717) is 16.5 Å². The number of nitrogens with zero attached hydrogens (tertiary/aromatic N) is 1. The Morgan fingerprint density at radius 3 is 2.91 bits per heavy atom. The number of cyclic esters (lactones) is 1. The van der Waals surface area contributed by atoms with E-state index in [1.54, 1.807) is 23.8 Å². The maximum absolute atomic E-state index is 12.1. The smallest absolute Gasteiger partial charge is 0.329 e. The van der Waals surface area contributed by atoms with Crippen molar-refractivity contribution < 1.29 is 23.5 Å². The molecule has 0 radical (unpaired) electrons. The van der Waals surface area contributed by atoms with Gasteiger partial charge in [0.25, 0.3) is 0 Å². The molecule has 3 rings (SSSR count). The van der Waals surface area contributed by atoms with Crippen LogP contribution in [0.2, 0.25) is 0 Å². The minimum Gasteiger partial charge on any atom is -0.462 e. The lowest BCUT2D eigenvalue weighted by Crippen LogP contribution is -2.34. The molecule has 0 saturated heterocycles. The first kappa shape index (κ1) is 15.1. The molecule has 1 aliphatic rings. The number of carbonyl (C=O) groups is 3. The van der Waals surface area contributed by atoms with Crippen molar-refractivity contribution in [3.63, 3.8) is 0 Å². The molecule has 23 heavy (non-hydrogen) atoms. The van der Waals surface area contributed by atoms with Gasteiger partial charge in [-0.2, -0.15) is 0 Å². The topological polar surface area (TPSA) is 86.5 Å². The molecule has 0 bridgehead atoms. The highest BCUT2D eigenvalue weighted by molar-refractivity contribution is 7.13. The molecule has 0 saturated carbocycles. The van der Waals surface area contributed by atoms with Crippen molar-refractivity contribution in [2.24, 2.45) is 5.92 Å². The first-order chi connectivity index (χ1) is 11.0. The summed E-state index contributed by atoms with van der Waals surface area (Å²) in [5.41, 5.74) is 0.540. The summed E-state index contributed by atoms with van der Waals surface area (Å²) in [6.45, 7) is 1.48. The number of ether oxygens (including phenoxy) is 1. The number of thiazole rings is 1. The van der Waals surface area contributed by atoms with Crippen LogP contribution in [0.1, 0.15) is 12.6 Å². The molecule has 0 N–H and O–H groups in total.